The second-order valence-electron chi connectivity index (χ2n) is 3.51. The standard InChI is InChI=1S/C12H18S2/c1-2-5-11-6-3-7-12(10-11)8-4-9-14-13/h3,6-7,10,13H,2,4-5,8-9H2,1H3. The summed E-state index contributed by atoms with van der Waals surface area (Å²) in [4.78, 5) is 0. The van der Waals surface area contributed by atoms with Crippen molar-refractivity contribution in [2.45, 2.75) is 32.6 Å². The van der Waals surface area contributed by atoms with Crippen LogP contribution in [-0.4, -0.2) is 5.75 Å². The van der Waals surface area contributed by atoms with Crippen LogP contribution in [0.1, 0.15) is 30.9 Å². The van der Waals surface area contributed by atoms with Gasteiger partial charge in [-0.1, -0.05) is 48.4 Å². The lowest BCUT2D eigenvalue weighted by molar-refractivity contribution is 0.901. The predicted molar refractivity (Wildman–Crippen MR) is 70.2 cm³/mol. The average Bonchev–Trinajstić information content (AvgIpc) is 2.19. The van der Waals surface area contributed by atoms with Crippen molar-refractivity contribution in [1.29, 1.82) is 0 Å². The van der Waals surface area contributed by atoms with Crippen molar-refractivity contribution in [2.75, 3.05) is 5.75 Å². The maximum atomic E-state index is 4.14. The van der Waals surface area contributed by atoms with Gasteiger partial charge in [-0.25, -0.2) is 0 Å². The number of aryl methyl sites for hydroxylation is 2. The highest BCUT2D eigenvalue weighted by Gasteiger charge is 1.95. The van der Waals surface area contributed by atoms with Gasteiger partial charge in [0.2, 0.25) is 0 Å². The topological polar surface area (TPSA) is 0 Å². The van der Waals surface area contributed by atoms with Crippen LogP contribution in [0.5, 0.6) is 0 Å². The summed E-state index contributed by atoms with van der Waals surface area (Å²) in [6.07, 6.45) is 4.85. The first kappa shape index (κ1) is 12.0. The minimum atomic E-state index is 1.14. The second-order valence-corrected chi connectivity index (χ2v) is 4.95. The molecule has 1 aromatic carbocycles. The largest absolute Gasteiger partial charge is 0.111 e. The Kier molecular flexibility index (Phi) is 6.20. The van der Waals surface area contributed by atoms with E-state index in [-0.39, 0.29) is 0 Å². The van der Waals surface area contributed by atoms with Gasteiger partial charge in [0.25, 0.3) is 0 Å². The summed E-state index contributed by atoms with van der Waals surface area (Å²) in [5, 5.41) is 0. The van der Waals surface area contributed by atoms with Crippen LogP contribution in [0.4, 0.5) is 0 Å². The number of rotatable bonds is 6. The summed E-state index contributed by atoms with van der Waals surface area (Å²) in [6.45, 7) is 2.23. The van der Waals surface area contributed by atoms with Crippen LogP contribution in [0, 0.1) is 0 Å². The predicted octanol–water partition coefficient (Wildman–Crippen LogP) is 4.15. The van der Waals surface area contributed by atoms with Gasteiger partial charge in [0.15, 0.2) is 0 Å². The molecule has 0 unspecified atom stereocenters. The van der Waals surface area contributed by atoms with Crippen LogP contribution in [0.25, 0.3) is 0 Å². The molecule has 0 aliphatic carbocycles. The lowest BCUT2D eigenvalue weighted by atomic mass is 10.0. The molecule has 14 heavy (non-hydrogen) atoms. The van der Waals surface area contributed by atoms with Crippen molar-refractivity contribution < 1.29 is 0 Å². The van der Waals surface area contributed by atoms with E-state index < -0.39 is 0 Å². The highest BCUT2D eigenvalue weighted by atomic mass is 33.1. The van der Waals surface area contributed by atoms with Gasteiger partial charge in [-0.3, -0.25) is 0 Å². The van der Waals surface area contributed by atoms with E-state index in [1.54, 1.807) is 10.8 Å². The minimum absolute atomic E-state index is 1.14. The van der Waals surface area contributed by atoms with E-state index in [9.17, 15) is 0 Å². The maximum Gasteiger partial charge on any atom is 0.00376 e. The van der Waals surface area contributed by atoms with Crippen LogP contribution in [0.15, 0.2) is 24.3 Å². The van der Waals surface area contributed by atoms with Gasteiger partial charge in [0.05, 0.1) is 0 Å². The Morgan fingerprint density at radius 1 is 1.21 bits per heavy atom. The van der Waals surface area contributed by atoms with Crippen LogP contribution < -0.4 is 0 Å². The first-order valence-corrected chi connectivity index (χ1v) is 7.24. The molecular weight excluding hydrogens is 208 g/mol. The summed E-state index contributed by atoms with van der Waals surface area (Å²) in [5.41, 5.74) is 2.95. The van der Waals surface area contributed by atoms with Gasteiger partial charge in [-0.2, -0.15) is 0 Å². The number of benzene rings is 1. The Morgan fingerprint density at radius 3 is 2.57 bits per heavy atom. The van der Waals surface area contributed by atoms with Crippen LogP contribution in [0.2, 0.25) is 0 Å². The van der Waals surface area contributed by atoms with Crippen molar-refractivity contribution in [3.63, 3.8) is 0 Å². The third-order valence-electron chi connectivity index (χ3n) is 2.23. The molecule has 0 aromatic heterocycles. The fraction of sp³-hybridized carbons (Fsp3) is 0.500. The van der Waals surface area contributed by atoms with Crippen molar-refractivity contribution in [3.05, 3.63) is 35.4 Å². The molecule has 0 bridgehead atoms. The van der Waals surface area contributed by atoms with E-state index in [1.165, 1.54) is 36.8 Å². The monoisotopic (exact) mass is 226 g/mol. The third kappa shape index (κ3) is 4.43. The van der Waals surface area contributed by atoms with E-state index in [0.29, 0.717) is 0 Å². The molecule has 0 atom stereocenters. The molecule has 0 saturated heterocycles. The smallest absolute Gasteiger partial charge is 0.00376 e. The highest BCUT2D eigenvalue weighted by Crippen LogP contribution is 2.12. The average molecular weight is 226 g/mol. The zero-order valence-corrected chi connectivity index (χ0v) is 10.4. The highest BCUT2D eigenvalue weighted by molar-refractivity contribution is 8.68. The van der Waals surface area contributed by atoms with Gasteiger partial charge >= 0.3 is 0 Å². The molecular formula is C12H18S2. The van der Waals surface area contributed by atoms with Crippen LogP contribution >= 0.6 is 22.5 Å². The summed E-state index contributed by atoms with van der Waals surface area (Å²) in [5.74, 6) is 1.14. The first-order valence-electron chi connectivity index (χ1n) is 5.21. The van der Waals surface area contributed by atoms with Crippen molar-refractivity contribution >= 4 is 22.5 Å². The Morgan fingerprint density at radius 2 is 1.93 bits per heavy atom. The lowest BCUT2D eigenvalue weighted by Crippen LogP contribution is -1.89. The van der Waals surface area contributed by atoms with E-state index in [4.69, 9.17) is 0 Å². The van der Waals surface area contributed by atoms with E-state index >= 15 is 0 Å². The Balaban J connectivity index is 2.46. The van der Waals surface area contributed by atoms with Crippen LogP contribution in [0.3, 0.4) is 0 Å². The molecule has 0 fully saturated rings. The summed E-state index contributed by atoms with van der Waals surface area (Å²) in [7, 11) is 1.63. The van der Waals surface area contributed by atoms with Crippen LogP contribution in [-0.2, 0) is 12.8 Å². The fourth-order valence-electron chi connectivity index (χ4n) is 1.57. The van der Waals surface area contributed by atoms with Gasteiger partial charge in [0.1, 0.15) is 0 Å². The summed E-state index contributed by atoms with van der Waals surface area (Å²) in [6, 6.07) is 8.96. The minimum Gasteiger partial charge on any atom is -0.111 e. The SMILES string of the molecule is CCCc1cccc(CCCSS)c1. The van der Waals surface area contributed by atoms with Gasteiger partial charge in [0, 0.05) is 5.75 Å². The number of hydrogen-bond acceptors (Lipinski definition) is 2. The normalized spacial score (nSPS) is 10.4. The molecule has 0 aliphatic rings. The molecule has 0 nitrogen and oxygen atoms in total. The molecule has 78 valence electrons. The van der Waals surface area contributed by atoms with E-state index in [2.05, 4.69) is 42.9 Å². The Bertz CT molecular complexity index is 258. The first-order chi connectivity index (χ1) is 6.86. The molecule has 1 rings (SSSR count). The lowest BCUT2D eigenvalue weighted by Gasteiger charge is -2.03. The molecule has 0 N–H and O–H groups in total. The molecule has 2 heteroatoms. The van der Waals surface area contributed by atoms with Gasteiger partial charge in [-0.15, -0.1) is 11.7 Å². The molecule has 0 saturated carbocycles. The Labute approximate surface area is 96.3 Å². The molecule has 0 aliphatic heterocycles. The van der Waals surface area contributed by atoms with Gasteiger partial charge in [-0.05, 0) is 30.4 Å². The molecule has 0 amide bonds. The zero-order chi connectivity index (χ0) is 10.2. The summed E-state index contributed by atoms with van der Waals surface area (Å²) < 4.78 is 0. The Hall–Kier alpha value is -0.0800. The van der Waals surface area contributed by atoms with E-state index in [1.807, 2.05) is 0 Å². The summed E-state index contributed by atoms with van der Waals surface area (Å²) >= 11 is 4.14. The maximum absolute atomic E-state index is 4.14. The van der Waals surface area contributed by atoms with Gasteiger partial charge < -0.3 is 0 Å². The third-order valence-corrected chi connectivity index (χ3v) is 3.25. The number of thiol groups is 1. The van der Waals surface area contributed by atoms with Crippen molar-refractivity contribution in [2.24, 2.45) is 0 Å². The quantitative estimate of drug-likeness (QED) is 0.432. The molecule has 0 spiro atoms. The van der Waals surface area contributed by atoms with Crippen molar-refractivity contribution in [1.82, 2.24) is 0 Å². The fourth-order valence-corrected chi connectivity index (χ4v) is 2.23. The molecule has 1 aromatic rings. The van der Waals surface area contributed by atoms with E-state index in [0.717, 1.165) is 5.75 Å². The van der Waals surface area contributed by atoms with Crippen molar-refractivity contribution in [3.8, 4) is 0 Å². The molecule has 0 heterocycles. The second kappa shape index (κ2) is 7.24. The zero-order valence-electron chi connectivity index (χ0n) is 8.70. The molecule has 0 radical (unpaired) electrons. The number of hydrogen-bond donors (Lipinski definition) is 1.